The molecule has 2 aliphatic heterocycles. The van der Waals surface area contributed by atoms with E-state index in [9.17, 15) is 22.4 Å². The summed E-state index contributed by atoms with van der Waals surface area (Å²) in [5, 5.41) is 2.84. The van der Waals surface area contributed by atoms with Gasteiger partial charge < -0.3 is 16.0 Å². The van der Waals surface area contributed by atoms with E-state index in [4.69, 9.17) is 5.73 Å². The number of pyridine rings is 1. The van der Waals surface area contributed by atoms with Crippen LogP contribution in [0.4, 0.5) is 29.1 Å². The molecule has 1 amide bonds. The van der Waals surface area contributed by atoms with E-state index < -0.39 is 18.7 Å². The van der Waals surface area contributed by atoms with Crippen LogP contribution in [0.15, 0.2) is 42.5 Å². The second-order valence-corrected chi connectivity index (χ2v) is 9.51. The van der Waals surface area contributed by atoms with Gasteiger partial charge in [-0.3, -0.25) is 9.69 Å². The molecule has 0 unspecified atom stereocenters. The number of amides is 1. The highest BCUT2D eigenvalue weighted by Gasteiger charge is 2.32. The number of nitrogens with one attached hydrogen (secondary N) is 1. The Balaban J connectivity index is 1.39. The van der Waals surface area contributed by atoms with Gasteiger partial charge in [0.2, 0.25) is 5.95 Å². The second-order valence-electron chi connectivity index (χ2n) is 9.51. The zero-order valence-electron chi connectivity index (χ0n) is 20.3. The molecule has 0 atom stereocenters. The molecule has 0 aliphatic carbocycles. The second kappa shape index (κ2) is 9.66. The number of alkyl halides is 3. The predicted octanol–water partition coefficient (Wildman–Crippen LogP) is 4.42. The quantitative estimate of drug-likeness (QED) is 0.399. The van der Waals surface area contributed by atoms with Crippen LogP contribution in [0.5, 0.6) is 0 Å². The summed E-state index contributed by atoms with van der Waals surface area (Å²) >= 11 is 0. The molecule has 2 aliphatic rings. The van der Waals surface area contributed by atoms with E-state index in [1.807, 2.05) is 36.1 Å². The Kier molecular flexibility index (Phi) is 6.53. The number of carbonyl (C=O) groups is 1. The third-order valence-electron chi connectivity index (χ3n) is 6.99. The van der Waals surface area contributed by atoms with Crippen molar-refractivity contribution >= 4 is 17.4 Å². The number of nitrogens with zero attached hydrogens (tertiary/aromatic N) is 3. The van der Waals surface area contributed by atoms with Gasteiger partial charge in [0.15, 0.2) is 0 Å². The van der Waals surface area contributed by atoms with Crippen LogP contribution in [0.25, 0.3) is 22.3 Å². The molecule has 1 fully saturated rings. The zero-order valence-corrected chi connectivity index (χ0v) is 20.3. The van der Waals surface area contributed by atoms with Gasteiger partial charge in [0.1, 0.15) is 5.82 Å². The number of fused-ring (bicyclic) bond motifs is 1. The molecular formula is C27H27F4N5O. The van der Waals surface area contributed by atoms with Crippen LogP contribution in [0.3, 0.4) is 0 Å². The molecule has 2 aromatic carbocycles. The van der Waals surface area contributed by atoms with Gasteiger partial charge in [-0.25, -0.2) is 4.98 Å². The fraction of sp³-hybridized carbons (Fsp3) is 0.333. The third-order valence-corrected chi connectivity index (χ3v) is 6.99. The van der Waals surface area contributed by atoms with E-state index in [1.165, 1.54) is 4.90 Å². The van der Waals surface area contributed by atoms with E-state index in [2.05, 4.69) is 10.3 Å². The number of aryl methyl sites for hydroxylation is 1. The molecule has 5 rings (SSSR count). The number of benzene rings is 2. The predicted molar refractivity (Wildman–Crippen MR) is 135 cm³/mol. The smallest absolute Gasteiger partial charge is 0.383 e. The summed E-state index contributed by atoms with van der Waals surface area (Å²) in [5.41, 5.74) is 11.7. The van der Waals surface area contributed by atoms with Crippen molar-refractivity contribution in [1.82, 2.24) is 15.2 Å². The SMILES string of the molecule is Cc1cc2c(cc1-c1cc(-c3ccc(N4CCN(CC(F)(F)F)CC4)cc3)c(F)nc1N)CCNC2=O. The number of nitrogens with two attached hydrogens (primary N) is 1. The lowest BCUT2D eigenvalue weighted by atomic mass is 9.90. The average Bonchev–Trinajstić information content (AvgIpc) is 2.84. The minimum absolute atomic E-state index is 0.0675. The van der Waals surface area contributed by atoms with E-state index >= 15 is 0 Å². The van der Waals surface area contributed by atoms with Gasteiger partial charge in [-0.15, -0.1) is 0 Å². The van der Waals surface area contributed by atoms with Crippen molar-refractivity contribution in [2.75, 3.05) is 49.9 Å². The average molecular weight is 514 g/mol. The molecule has 0 saturated carbocycles. The van der Waals surface area contributed by atoms with Gasteiger partial charge in [-0.1, -0.05) is 12.1 Å². The lowest BCUT2D eigenvalue weighted by Crippen LogP contribution is -2.49. The van der Waals surface area contributed by atoms with Gasteiger partial charge in [-0.2, -0.15) is 17.6 Å². The lowest BCUT2D eigenvalue weighted by Gasteiger charge is -2.36. The maximum atomic E-state index is 14.9. The molecule has 37 heavy (non-hydrogen) atoms. The van der Waals surface area contributed by atoms with Crippen molar-refractivity contribution in [3.05, 3.63) is 65.1 Å². The molecule has 1 aromatic heterocycles. The maximum absolute atomic E-state index is 14.9. The highest BCUT2D eigenvalue weighted by Crippen LogP contribution is 2.36. The Morgan fingerprint density at radius 1 is 0.973 bits per heavy atom. The summed E-state index contributed by atoms with van der Waals surface area (Å²) in [5.74, 6) is -0.730. The van der Waals surface area contributed by atoms with Crippen LogP contribution >= 0.6 is 0 Å². The largest absolute Gasteiger partial charge is 0.401 e. The number of hydrogen-bond acceptors (Lipinski definition) is 5. The molecule has 3 aromatic rings. The van der Waals surface area contributed by atoms with E-state index in [-0.39, 0.29) is 11.7 Å². The molecule has 3 N–H and O–H groups in total. The monoisotopic (exact) mass is 513 g/mol. The van der Waals surface area contributed by atoms with Crippen LogP contribution in [0.1, 0.15) is 21.5 Å². The Hall–Kier alpha value is -3.66. The highest BCUT2D eigenvalue weighted by molar-refractivity contribution is 5.98. The Labute approximate surface area is 212 Å². The van der Waals surface area contributed by atoms with Crippen LogP contribution in [0, 0.1) is 12.9 Å². The van der Waals surface area contributed by atoms with Crippen LogP contribution in [-0.4, -0.2) is 61.2 Å². The first kappa shape index (κ1) is 25.0. The van der Waals surface area contributed by atoms with Gasteiger partial charge >= 0.3 is 6.18 Å². The number of hydrogen-bond donors (Lipinski definition) is 2. The lowest BCUT2D eigenvalue weighted by molar-refractivity contribution is -0.146. The number of rotatable bonds is 4. The van der Waals surface area contributed by atoms with Gasteiger partial charge in [-0.05, 0) is 65.9 Å². The zero-order chi connectivity index (χ0) is 26.3. The molecule has 6 nitrogen and oxygen atoms in total. The van der Waals surface area contributed by atoms with E-state index in [1.54, 1.807) is 18.2 Å². The van der Waals surface area contributed by atoms with Crippen molar-refractivity contribution in [2.45, 2.75) is 19.5 Å². The summed E-state index contributed by atoms with van der Waals surface area (Å²) < 4.78 is 52.9. The number of anilines is 2. The standard InChI is InChI=1S/C27H27F4N5O/c1-16-12-22-18(6-7-33-26(22)37)13-20(16)23-14-21(24(28)34-25(23)32)17-2-4-19(5-3-17)36-10-8-35(9-11-36)15-27(29,30)31/h2-5,12-14H,6-11,15H2,1H3,(H2,32,34)(H,33,37). The van der Waals surface area contributed by atoms with Crippen LogP contribution < -0.4 is 16.0 Å². The fourth-order valence-corrected chi connectivity index (χ4v) is 5.06. The normalized spacial score (nSPS) is 16.5. The minimum atomic E-state index is -4.20. The summed E-state index contributed by atoms with van der Waals surface area (Å²) in [6.45, 7) is 3.14. The van der Waals surface area contributed by atoms with Crippen molar-refractivity contribution in [2.24, 2.45) is 0 Å². The van der Waals surface area contributed by atoms with Crippen molar-refractivity contribution in [1.29, 1.82) is 0 Å². The molecular weight excluding hydrogens is 486 g/mol. The number of aromatic nitrogens is 1. The van der Waals surface area contributed by atoms with Crippen LogP contribution in [-0.2, 0) is 6.42 Å². The van der Waals surface area contributed by atoms with Crippen molar-refractivity contribution < 1.29 is 22.4 Å². The maximum Gasteiger partial charge on any atom is 0.401 e. The third kappa shape index (κ3) is 5.24. The number of halogens is 4. The minimum Gasteiger partial charge on any atom is -0.383 e. The Morgan fingerprint density at radius 2 is 1.68 bits per heavy atom. The first-order valence-corrected chi connectivity index (χ1v) is 12.1. The van der Waals surface area contributed by atoms with Crippen molar-refractivity contribution in [3.63, 3.8) is 0 Å². The summed E-state index contributed by atoms with van der Waals surface area (Å²) in [6, 6.07) is 12.7. The van der Waals surface area contributed by atoms with Gasteiger partial charge in [0, 0.05) is 55.1 Å². The van der Waals surface area contributed by atoms with Crippen molar-refractivity contribution in [3.8, 4) is 22.3 Å². The molecule has 194 valence electrons. The number of nitrogen functional groups attached to an aromatic ring is 1. The topological polar surface area (TPSA) is 74.5 Å². The first-order valence-electron chi connectivity index (χ1n) is 12.1. The summed E-state index contributed by atoms with van der Waals surface area (Å²) in [4.78, 5) is 19.6. The number of carbonyl (C=O) groups excluding carboxylic acids is 1. The molecule has 0 radical (unpaired) electrons. The van der Waals surface area contributed by atoms with E-state index in [0.29, 0.717) is 61.4 Å². The molecule has 1 saturated heterocycles. The summed E-state index contributed by atoms with van der Waals surface area (Å²) in [6.07, 6.45) is -3.51. The summed E-state index contributed by atoms with van der Waals surface area (Å²) in [7, 11) is 0. The van der Waals surface area contributed by atoms with Gasteiger partial charge in [0.25, 0.3) is 5.91 Å². The number of piperazine rings is 1. The highest BCUT2D eigenvalue weighted by atomic mass is 19.4. The molecule has 3 heterocycles. The molecule has 10 heteroatoms. The fourth-order valence-electron chi connectivity index (χ4n) is 5.06. The van der Waals surface area contributed by atoms with E-state index in [0.717, 1.165) is 22.4 Å². The Bertz CT molecular complexity index is 1330. The van der Waals surface area contributed by atoms with Crippen LogP contribution in [0.2, 0.25) is 0 Å². The molecule has 0 bridgehead atoms. The Morgan fingerprint density at radius 3 is 2.35 bits per heavy atom. The van der Waals surface area contributed by atoms with Gasteiger partial charge in [0.05, 0.1) is 6.54 Å². The first-order chi connectivity index (χ1) is 17.6. The molecule has 0 spiro atoms.